The van der Waals surface area contributed by atoms with Gasteiger partial charge in [-0.2, -0.15) is 0 Å². The molecule has 0 N–H and O–H groups in total. The number of nitrogens with zero attached hydrogens (tertiary/aromatic N) is 1. The molecule has 0 unspecified atom stereocenters. The summed E-state index contributed by atoms with van der Waals surface area (Å²) >= 11 is 0. The van der Waals surface area contributed by atoms with Crippen molar-refractivity contribution in [2.45, 2.75) is 104 Å². The molecule has 0 radical (unpaired) electrons. The van der Waals surface area contributed by atoms with Crippen LogP contribution >= 0.6 is 0 Å². The SMILES string of the molecule is CCCCCCCC/C=C(\CCCCCCCC(C)=O)[N+](=O)[O-]. The van der Waals surface area contributed by atoms with Crippen molar-refractivity contribution >= 4 is 5.78 Å². The molecule has 0 rings (SSSR count). The molecule has 0 saturated carbocycles. The Morgan fingerprint density at radius 1 is 0.870 bits per heavy atom. The molecular formula is C19H35NO3. The lowest BCUT2D eigenvalue weighted by Gasteiger charge is -2.01. The summed E-state index contributed by atoms with van der Waals surface area (Å²) in [5.74, 6) is 0.248. The predicted molar refractivity (Wildman–Crippen MR) is 96.1 cm³/mol. The van der Waals surface area contributed by atoms with Crippen molar-refractivity contribution in [2.24, 2.45) is 0 Å². The topological polar surface area (TPSA) is 60.2 Å². The summed E-state index contributed by atoms with van der Waals surface area (Å²) < 4.78 is 0. The van der Waals surface area contributed by atoms with Gasteiger partial charge in [0.25, 0.3) is 0 Å². The highest BCUT2D eigenvalue weighted by atomic mass is 16.6. The van der Waals surface area contributed by atoms with Gasteiger partial charge < -0.3 is 4.79 Å². The fourth-order valence-corrected chi connectivity index (χ4v) is 2.67. The highest BCUT2D eigenvalue weighted by Gasteiger charge is 2.09. The zero-order valence-electron chi connectivity index (χ0n) is 15.1. The minimum Gasteiger partial charge on any atom is -0.300 e. The molecule has 0 aromatic heterocycles. The van der Waals surface area contributed by atoms with E-state index in [0.717, 1.165) is 44.9 Å². The van der Waals surface area contributed by atoms with Crippen molar-refractivity contribution in [3.8, 4) is 0 Å². The first-order valence-corrected chi connectivity index (χ1v) is 9.40. The third-order valence-corrected chi connectivity index (χ3v) is 4.13. The van der Waals surface area contributed by atoms with Crippen LogP contribution in [0.15, 0.2) is 11.8 Å². The van der Waals surface area contributed by atoms with E-state index in [1.807, 2.05) is 6.08 Å². The van der Waals surface area contributed by atoms with Crippen molar-refractivity contribution in [2.75, 3.05) is 0 Å². The van der Waals surface area contributed by atoms with Gasteiger partial charge in [0, 0.05) is 12.8 Å². The van der Waals surface area contributed by atoms with Gasteiger partial charge in [-0.25, -0.2) is 0 Å². The second kappa shape index (κ2) is 15.7. The smallest absolute Gasteiger partial charge is 0.242 e. The van der Waals surface area contributed by atoms with Gasteiger partial charge in [-0.05, 0) is 38.7 Å². The predicted octanol–water partition coefficient (Wildman–Crippen LogP) is 6.22. The number of carbonyl (C=O) groups is 1. The average molecular weight is 325 g/mol. The van der Waals surface area contributed by atoms with E-state index in [1.54, 1.807) is 6.92 Å². The first-order chi connectivity index (χ1) is 11.1. The summed E-state index contributed by atoms with van der Waals surface area (Å²) in [6.45, 7) is 3.83. The van der Waals surface area contributed by atoms with Crippen LogP contribution in [0.3, 0.4) is 0 Å². The Balaban J connectivity index is 3.70. The molecule has 0 heterocycles. The number of nitro groups is 1. The summed E-state index contributed by atoms with van der Waals surface area (Å²) in [6.07, 6.45) is 16.2. The summed E-state index contributed by atoms with van der Waals surface area (Å²) in [6, 6.07) is 0. The van der Waals surface area contributed by atoms with Gasteiger partial charge in [0.2, 0.25) is 5.70 Å². The molecule has 4 nitrogen and oxygen atoms in total. The molecule has 0 fully saturated rings. The number of allylic oxidation sites excluding steroid dienone is 2. The lowest BCUT2D eigenvalue weighted by molar-refractivity contribution is -0.428. The first-order valence-electron chi connectivity index (χ1n) is 9.40. The van der Waals surface area contributed by atoms with Gasteiger partial charge >= 0.3 is 0 Å². The second-order valence-corrected chi connectivity index (χ2v) is 6.48. The van der Waals surface area contributed by atoms with Crippen molar-refractivity contribution in [1.29, 1.82) is 0 Å². The number of ketones is 1. The van der Waals surface area contributed by atoms with Crippen molar-refractivity contribution in [3.05, 3.63) is 21.9 Å². The number of hydrogen-bond acceptors (Lipinski definition) is 3. The van der Waals surface area contributed by atoms with Gasteiger partial charge in [-0.15, -0.1) is 0 Å². The Labute approximate surface area is 141 Å². The van der Waals surface area contributed by atoms with E-state index < -0.39 is 0 Å². The minimum absolute atomic E-state index is 0.215. The molecule has 134 valence electrons. The lowest BCUT2D eigenvalue weighted by Crippen LogP contribution is -1.99. The minimum atomic E-state index is -0.215. The number of unbranched alkanes of at least 4 members (excludes halogenated alkanes) is 10. The van der Waals surface area contributed by atoms with E-state index in [1.165, 1.54) is 32.1 Å². The zero-order chi connectivity index (χ0) is 17.3. The second-order valence-electron chi connectivity index (χ2n) is 6.48. The van der Waals surface area contributed by atoms with Gasteiger partial charge in [0.15, 0.2) is 0 Å². The van der Waals surface area contributed by atoms with E-state index in [-0.39, 0.29) is 10.7 Å². The van der Waals surface area contributed by atoms with Crippen molar-refractivity contribution in [3.63, 3.8) is 0 Å². The number of carbonyl (C=O) groups excluding carboxylic acids is 1. The zero-order valence-corrected chi connectivity index (χ0v) is 15.1. The Morgan fingerprint density at radius 2 is 1.39 bits per heavy atom. The molecule has 0 aliphatic heterocycles. The van der Waals surface area contributed by atoms with Crippen LogP contribution in [-0.2, 0) is 4.79 Å². The molecule has 0 aromatic rings. The molecule has 0 saturated heterocycles. The van der Waals surface area contributed by atoms with Crippen LogP contribution in [0.2, 0.25) is 0 Å². The molecule has 4 heteroatoms. The molecule has 0 spiro atoms. The monoisotopic (exact) mass is 325 g/mol. The Kier molecular flexibility index (Phi) is 14.9. The van der Waals surface area contributed by atoms with Crippen LogP contribution in [0.1, 0.15) is 104 Å². The maximum absolute atomic E-state index is 11.0. The lowest BCUT2D eigenvalue weighted by atomic mass is 10.1. The van der Waals surface area contributed by atoms with Crippen LogP contribution in [0, 0.1) is 10.1 Å². The van der Waals surface area contributed by atoms with Crippen LogP contribution in [0.5, 0.6) is 0 Å². The normalized spacial score (nSPS) is 11.7. The third-order valence-electron chi connectivity index (χ3n) is 4.13. The van der Waals surface area contributed by atoms with Crippen molar-refractivity contribution in [1.82, 2.24) is 0 Å². The van der Waals surface area contributed by atoms with Gasteiger partial charge in [-0.1, -0.05) is 58.3 Å². The number of Topliss-reactive ketones (excluding diaryl/α,β-unsaturated/α-hetero) is 1. The number of hydrogen-bond donors (Lipinski definition) is 0. The summed E-state index contributed by atoms with van der Waals surface area (Å²) in [5.41, 5.74) is 0.391. The summed E-state index contributed by atoms with van der Waals surface area (Å²) in [5, 5.41) is 11.0. The maximum atomic E-state index is 11.0. The molecule has 0 atom stereocenters. The van der Waals surface area contributed by atoms with Crippen LogP contribution in [-0.4, -0.2) is 10.7 Å². The molecule has 0 aliphatic rings. The quantitative estimate of drug-likeness (QED) is 0.192. The van der Waals surface area contributed by atoms with Crippen molar-refractivity contribution < 1.29 is 9.72 Å². The molecule has 0 aliphatic carbocycles. The summed E-state index contributed by atoms with van der Waals surface area (Å²) in [4.78, 5) is 21.6. The van der Waals surface area contributed by atoms with Gasteiger partial charge in [-0.3, -0.25) is 10.1 Å². The number of rotatable bonds is 16. The van der Waals surface area contributed by atoms with Crippen LogP contribution in [0.4, 0.5) is 0 Å². The van der Waals surface area contributed by atoms with Gasteiger partial charge in [0.05, 0.1) is 4.92 Å². The molecule has 0 amide bonds. The van der Waals surface area contributed by atoms with E-state index in [9.17, 15) is 14.9 Å². The largest absolute Gasteiger partial charge is 0.300 e. The van der Waals surface area contributed by atoms with Gasteiger partial charge in [0.1, 0.15) is 5.78 Å². The Hall–Kier alpha value is -1.19. The van der Waals surface area contributed by atoms with Crippen LogP contribution in [0.25, 0.3) is 0 Å². The molecule has 0 aromatic carbocycles. The van der Waals surface area contributed by atoms with Crippen LogP contribution < -0.4 is 0 Å². The van der Waals surface area contributed by atoms with E-state index >= 15 is 0 Å². The van der Waals surface area contributed by atoms with E-state index in [4.69, 9.17) is 0 Å². The van der Waals surface area contributed by atoms with E-state index in [2.05, 4.69) is 6.92 Å². The molecule has 23 heavy (non-hydrogen) atoms. The summed E-state index contributed by atoms with van der Waals surface area (Å²) in [7, 11) is 0. The highest BCUT2D eigenvalue weighted by Crippen LogP contribution is 2.15. The first kappa shape index (κ1) is 21.8. The fourth-order valence-electron chi connectivity index (χ4n) is 2.67. The molecular weight excluding hydrogens is 290 g/mol. The standard InChI is InChI=1S/C19H35NO3/c1-3-4-5-6-7-10-13-16-19(20(22)23)17-14-11-8-9-12-15-18(2)21/h16H,3-15,17H2,1-2H3/b19-16+. The fraction of sp³-hybridized carbons (Fsp3) is 0.842. The maximum Gasteiger partial charge on any atom is 0.242 e. The molecule has 0 bridgehead atoms. The Morgan fingerprint density at radius 3 is 1.96 bits per heavy atom. The van der Waals surface area contributed by atoms with E-state index in [0.29, 0.717) is 18.5 Å². The average Bonchev–Trinajstić information content (AvgIpc) is 2.50. The Bertz CT molecular complexity index is 351. The third kappa shape index (κ3) is 15.5. The highest BCUT2D eigenvalue weighted by molar-refractivity contribution is 5.75.